The second-order valence-electron chi connectivity index (χ2n) is 5.58. The standard InChI is InChI=1S/C21H18N2O3S/c1-26-17-11-9-15(10-12-17)20(24)23-19(14-18-8-5-13-27-18)21(25)22-16-6-3-2-4-7-16/h2-14H,1H3,(H,22,25)(H,23,24)/b19-14-. The lowest BCUT2D eigenvalue weighted by atomic mass is 10.2. The van der Waals surface area contributed by atoms with Crippen molar-refractivity contribution in [2.75, 3.05) is 12.4 Å². The van der Waals surface area contributed by atoms with E-state index >= 15 is 0 Å². The molecule has 136 valence electrons. The van der Waals surface area contributed by atoms with Gasteiger partial charge in [-0.15, -0.1) is 11.3 Å². The second kappa shape index (κ2) is 8.82. The molecule has 2 aromatic carbocycles. The highest BCUT2D eigenvalue weighted by Gasteiger charge is 2.15. The number of rotatable bonds is 6. The zero-order valence-electron chi connectivity index (χ0n) is 14.6. The Kier molecular flexibility index (Phi) is 6.02. The van der Waals surface area contributed by atoms with Gasteiger partial charge in [0.15, 0.2) is 0 Å². The largest absolute Gasteiger partial charge is 0.497 e. The summed E-state index contributed by atoms with van der Waals surface area (Å²) in [6.45, 7) is 0. The van der Waals surface area contributed by atoms with E-state index in [2.05, 4.69) is 10.6 Å². The maximum Gasteiger partial charge on any atom is 0.272 e. The molecule has 0 unspecified atom stereocenters. The number of hydrogen-bond acceptors (Lipinski definition) is 4. The summed E-state index contributed by atoms with van der Waals surface area (Å²) in [6, 6.07) is 19.5. The first-order chi connectivity index (χ1) is 13.2. The smallest absolute Gasteiger partial charge is 0.272 e. The molecule has 27 heavy (non-hydrogen) atoms. The fourth-order valence-electron chi connectivity index (χ4n) is 2.33. The molecule has 2 amide bonds. The molecule has 0 aliphatic carbocycles. The molecule has 0 atom stereocenters. The van der Waals surface area contributed by atoms with E-state index < -0.39 is 5.91 Å². The number of carbonyl (C=O) groups is 2. The van der Waals surface area contributed by atoms with E-state index in [4.69, 9.17) is 4.74 Å². The molecule has 0 fully saturated rings. The van der Waals surface area contributed by atoms with Crippen LogP contribution < -0.4 is 15.4 Å². The van der Waals surface area contributed by atoms with Crippen molar-refractivity contribution in [2.24, 2.45) is 0 Å². The van der Waals surface area contributed by atoms with E-state index in [0.717, 1.165) is 4.88 Å². The molecule has 5 nitrogen and oxygen atoms in total. The fraction of sp³-hybridized carbons (Fsp3) is 0.0476. The minimum absolute atomic E-state index is 0.169. The van der Waals surface area contributed by atoms with Crippen LogP contribution in [0.15, 0.2) is 77.8 Å². The minimum Gasteiger partial charge on any atom is -0.497 e. The number of methoxy groups -OCH3 is 1. The van der Waals surface area contributed by atoms with Crippen molar-refractivity contribution in [1.82, 2.24) is 5.32 Å². The molecule has 0 radical (unpaired) electrons. The average Bonchev–Trinajstić information content (AvgIpc) is 3.21. The molecule has 0 bridgehead atoms. The molecule has 0 aliphatic rings. The molecule has 3 aromatic rings. The molecular weight excluding hydrogens is 360 g/mol. The molecule has 0 aliphatic heterocycles. The van der Waals surface area contributed by atoms with Gasteiger partial charge in [0.25, 0.3) is 11.8 Å². The summed E-state index contributed by atoms with van der Waals surface area (Å²) < 4.78 is 5.10. The van der Waals surface area contributed by atoms with Crippen LogP contribution in [0.3, 0.4) is 0 Å². The van der Waals surface area contributed by atoms with Crippen LogP contribution in [0.2, 0.25) is 0 Å². The Morgan fingerprint density at radius 3 is 2.33 bits per heavy atom. The summed E-state index contributed by atoms with van der Waals surface area (Å²) in [4.78, 5) is 26.1. The molecule has 1 heterocycles. The van der Waals surface area contributed by atoms with Crippen molar-refractivity contribution in [2.45, 2.75) is 0 Å². The Bertz CT molecular complexity index is 933. The predicted octanol–water partition coefficient (Wildman–Crippen LogP) is 4.17. The average molecular weight is 378 g/mol. The molecule has 0 spiro atoms. The first-order valence-corrected chi connectivity index (χ1v) is 9.10. The van der Waals surface area contributed by atoms with Gasteiger partial charge in [-0.2, -0.15) is 0 Å². The van der Waals surface area contributed by atoms with Gasteiger partial charge in [0.05, 0.1) is 7.11 Å². The van der Waals surface area contributed by atoms with Crippen LogP contribution in [0.4, 0.5) is 5.69 Å². The maximum absolute atomic E-state index is 12.7. The summed E-state index contributed by atoms with van der Waals surface area (Å²) >= 11 is 1.48. The van der Waals surface area contributed by atoms with E-state index in [9.17, 15) is 9.59 Å². The van der Waals surface area contributed by atoms with Crippen LogP contribution in [-0.4, -0.2) is 18.9 Å². The molecule has 6 heteroatoms. The van der Waals surface area contributed by atoms with Gasteiger partial charge in [0, 0.05) is 16.1 Å². The van der Waals surface area contributed by atoms with Crippen LogP contribution in [0.25, 0.3) is 6.08 Å². The van der Waals surface area contributed by atoms with Crippen molar-refractivity contribution >= 4 is 34.9 Å². The Labute approximate surface area is 161 Å². The number of nitrogens with one attached hydrogen (secondary N) is 2. The van der Waals surface area contributed by atoms with Crippen molar-refractivity contribution < 1.29 is 14.3 Å². The third-order valence-electron chi connectivity index (χ3n) is 3.71. The number of amides is 2. The monoisotopic (exact) mass is 378 g/mol. The molecule has 3 rings (SSSR count). The lowest BCUT2D eigenvalue weighted by Gasteiger charge is -2.11. The van der Waals surface area contributed by atoms with E-state index in [-0.39, 0.29) is 11.6 Å². The highest BCUT2D eigenvalue weighted by Crippen LogP contribution is 2.16. The Morgan fingerprint density at radius 2 is 1.70 bits per heavy atom. The van der Waals surface area contributed by atoms with E-state index in [1.807, 2.05) is 35.7 Å². The number of hydrogen-bond donors (Lipinski definition) is 2. The van der Waals surface area contributed by atoms with E-state index in [1.165, 1.54) is 11.3 Å². The number of para-hydroxylation sites is 1. The minimum atomic E-state index is -0.392. The lowest BCUT2D eigenvalue weighted by molar-refractivity contribution is -0.113. The Morgan fingerprint density at radius 1 is 0.963 bits per heavy atom. The van der Waals surface area contributed by atoms with Gasteiger partial charge in [0.2, 0.25) is 0 Å². The fourth-order valence-corrected chi connectivity index (χ4v) is 2.99. The van der Waals surface area contributed by atoms with Crippen molar-refractivity contribution in [3.8, 4) is 5.75 Å². The van der Waals surface area contributed by atoms with Gasteiger partial charge in [-0.05, 0) is 53.9 Å². The van der Waals surface area contributed by atoms with Crippen molar-refractivity contribution in [1.29, 1.82) is 0 Å². The molecule has 2 N–H and O–H groups in total. The second-order valence-corrected chi connectivity index (χ2v) is 6.56. The van der Waals surface area contributed by atoms with Gasteiger partial charge in [-0.3, -0.25) is 9.59 Å². The van der Waals surface area contributed by atoms with Crippen LogP contribution >= 0.6 is 11.3 Å². The summed E-state index contributed by atoms with van der Waals surface area (Å²) in [5.74, 6) is -0.108. The number of thiophene rings is 1. The lowest BCUT2D eigenvalue weighted by Crippen LogP contribution is -2.30. The highest BCUT2D eigenvalue weighted by molar-refractivity contribution is 7.10. The summed E-state index contributed by atoms with van der Waals surface area (Å²) in [5.41, 5.74) is 1.25. The van der Waals surface area contributed by atoms with Gasteiger partial charge < -0.3 is 15.4 Å². The first-order valence-electron chi connectivity index (χ1n) is 8.23. The van der Waals surface area contributed by atoms with E-state index in [1.54, 1.807) is 49.6 Å². The SMILES string of the molecule is COc1ccc(C(=O)N/C(=C\c2cccs2)C(=O)Nc2ccccc2)cc1. The summed E-state index contributed by atoms with van der Waals surface area (Å²) in [5, 5.41) is 7.40. The quantitative estimate of drug-likeness (QED) is 0.633. The molecular formula is C21H18N2O3S. The van der Waals surface area contributed by atoms with Crippen LogP contribution in [0.1, 0.15) is 15.2 Å². The number of benzene rings is 2. The van der Waals surface area contributed by atoms with Gasteiger partial charge in [-0.25, -0.2) is 0 Å². The van der Waals surface area contributed by atoms with Gasteiger partial charge >= 0.3 is 0 Å². The number of ether oxygens (including phenoxy) is 1. The zero-order chi connectivity index (χ0) is 19.1. The molecule has 1 aromatic heterocycles. The normalized spacial score (nSPS) is 10.9. The van der Waals surface area contributed by atoms with Gasteiger partial charge in [-0.1, -0.05) is 24.3 Å². The summed E-state index contributed by atoms with van der Waals surface area (Å²) in [7, 11) is 1.56. The Balaban J connectivity index is 1.81. The maximum atomic E-state index is 12.7. The van der Waals surface area contributed by atoms with Crippen molar-refractivity contribution in [3.05, 3.63) is 88.2 Å². The number of carbonyl (C=O) groups excluding carboxylic acids is 2. The highest BCUT2D eigenvalue weighted by atomic mass is 32.1. The third-order valence-corrected chi connectivity index (χ3v) is 4.53. The van der Waals surface area contributed by atoms with Crippen LogP contribution in [0.5, 0.6) is 5.75 Å². The zero-order valence-corrected chi connectivity index (χ0v) is 15.5. The topological polar surface area (TPSA) is 67.4 Å². The summed E-state index contributed by atoms with van der Waals surface area (Å²) in [6.07, 6.45) is 1.66. The van der Waals surface area contributed by atoms with Crippen LogP contribution in [-0.2, 0) is 4.79 Å². The van der Waals surface area contributed by atoms with Gasteiger partial charge in [0.1, 0.15) is 11.4 Å². The number of anilines is 1. The predicted molar refractivity (Wildman–Crippen MR) is 108 cm³/mol. The van der Waals surface area contributed by atoms with Crippen molar-refractivity contribution in [3.63, 3.8) is 0 Å². The van der Waals surface area contributed by atoms with E-state index in [0.29, 0.717) is 17.0 Å². The molecule has 0 saturated carbocycles. The first kappa shape index (κ1) is 18.4. The third kappa shape index (κ3) is 5.05. The molecule has 0 saturated heterocycles. The Hall–Kier alpha value is -3.38. The van der Waals surface area contributed by atoms with Crippen LogP contribution in [0, 0.1) is 0 Å².